The van der Waals surface area contributed by atoms with Crippen molar-refractivity contribution in [3.63, 3.8) is 0 Å². The van der Waals surface area contributed by atoms with E-state index in [-0.39, 0.29) is 12.0 Å². The minimum Gasteiger partial charge on any atom is -0.330 e. The molecule has 0 saturated carbocycles. The predicted octanol–water partition coefficient (Wildman–Crippen LogP) is 0.288. The largest absolute Gasteiger partial charge is 0.330 e. The molecule has 0 bridgehead atoms. The van der Waals surface area contributed by atoms with Gasteiger partial charge < -0.3 is 5.73 Å². The Balaban J connectivity index is 2.77. The summed E-state index contributed by atoms with van der Waals surface area (Å²) in [6.45, 7) is 8.52. The molecule has 6 heteroatoms. The fraction of sp³-hybridized carbons (Fsp3) is 1.00. The van der Waals surface area contributed by atoms with Gasteiger partial charge in [-0.3, -0.25) is 0 Å². The molecule has 0 aromatic heterocycles. The van der Waals surface area contributed by atoms with Crippen molar-refractivity contribution in [2.45, 2.75) is 45.7 Å². The first-order valence-electron chi connectivity index (χ1n) is 5.66. The lowest BCUT2D eigenvalue weighted by molar-refractivity contribution is 0.378. The fourth-order valence-corrected chi connectivity index (χ4v) is 3.92. The van der Waals surface area contributed by atoms with E-state index in [0.29, 0.717) is 13.1 Å². The summed E-state index contributed by atoms with van der Waals surface area (Å²) in [6.07, 6.45) is 0.849. The molecule has 2 unspecified atom stereocenters. The highest BCUT2D eigenvalue weighted by Crippen LogP contribution is 2.25. The van der Waals surface area contributed by atoms with Crippen LogP contribution in [0.25, 0.3) is 0 Å². The van der Waals surface area contributed by atoms with Gasteiger partial charge in [0.25, 0.3) is 10.2 Å². The normalized spacial score (nSPS) is 28.6. The van der Waals surface area contributed by atoms with Crippen LogP contribution >= 0.6 is 0 Å². The first-order valence-corrected chi connectivity index (χ1v) is 7.10. The molecule has 16 heavy (non-hydrogen) atoms. The number of hydrogen-bond acceptors (Lipinski definition) is 3. The minimum atomic E-state index is -3.38. The van der Waals surface area contributed by atoms with E-state index in [1.807, 2.05) is 27.7 Å². The lowest BCUT2D eigenvalue weighted by Crippen LogP contribution is -2.50. The average molecular weight is 249 g/mol. The molecule has 3 N–H and O–H groups in total. The van der Waals surface area contributed by atoms with Crippen LogP contribution in [0.4, 0.5) is 0 Å². The summed E-state index contributed by atoms with van der Waals surface area (Å²) in [5.74, 6) is 0.284. The molecule has 0 spiro atoms. The molecule has 0 radical (unpaired) electrons. The van der Waals surface area contributed by atoms with Crippen molar-refractivity contribution in [2.75, 3.05) is 13.1 Å². The van der Waals surface area contributed by atoms with Crippen molar-refractivity contribution in [3.8, 4) is 0 Å². The molecule has 1 aliphatic rings. The maximum Gasteiger partial charge on any atom is 0.280 e. The zero-order valence-electron chi connectivity index (χ0n) is 10.5. The van der Waals surface area contributed by atoms with Gasteiger partial charge in [-0.1, -0.05) is 0 Å². The van der Waals surface area contributed by atoms with Gasteiger partial charge in [-0.05, 0) is 46.6 Å². The maximum atomic E-state index is 12.1. The molecule has 1 aliphatic heterocycles. The van der Waals surface area contributed by atoms with Crippen LogP contribution in [-0.2, 0) is 10.2 Å². The second-order valence-electron chi connectivity index (χ2n) is 5.61. The highest BCUT2D eigenvalue weighted by Gasteiger charge is 2.37. The summed E-state index contributed by atoms with van der Waals surface area (Å²) in [7, 11) is -3.38. The van der Waals surface area contributed by atoms with Crippen LogP contribution in [0.1, 0.15) is 34.1 Å². The SMILES string of the molecule is CC1CC(CN)CN1S(=O)(=O)NC(C)(C)C. The molecule has 1 fully saturated rings. The van der Waals surface area contributed by atoms with E-state index in [2.05, 4.69) is 4.72 Å². The van der Waals surface area contributed by atoms with Gasteiger partial charge >= 0.3 is 0 Å². The van der Waals surface area contributed by atoms with Crippen molar-refractivity contribution < 1.29 is 8.42 Å². The Morgan fingerprint density at radius 1 is 1.44 bits per heavy atom. The molecule has 0 aromatic carbocycles. The number of nitrogens with two attached hydrogens (primary N) is 1. The smallest absolute Gasteiger partial charge is 0.280 e. The van der Waals surface area contributed by atoms with E-state index in [9.17, 15) is 8.42 Å². The predicted molar refractivity (Wildman–Crippen MR) is 65.1 cm³/mol. The minimum absolute atomic E-state index is 0.0356. The van der Waals surface area contributed by atoms with Crippen molar-refractivity contribution >= 4 is 10.2 Å². The van der Waals surface area contributed by atoms with Crippen LogP contribution < -0.4 is 10.5 Å². The zero-order valence-corrected chi connectivity index (χ0v) is 11.3. The molecule has 0 amide bonds. The molecule has 2 atom stereocenters. The Labute approximate surface area is 98.6 Å². The van der Waals surface area contributed by atoms with Crippen LogP contribution in [0.5, 0.6) is 0 Å². The van der Waals surface area contributed by atoms with Crippen LogP contribution in [0, 0.1) is 5.92 Å². The maximum absolute atomic E-state index is 12.1. The summed E-state index contributed by atoms with van der Waals surface area (Å²) in [4.78, 5) is 0. The number of nitrogens with zero attached hydrogens (tertiary/aromatic N) is 1. The topological polar surface area (TPSA) is 75.4 Å². The van der Waals surface area contributed by atoms with Gasteiger partial charge in [0.05, 0.1) is 0 Å². The molecule has 0 aliphatic carbocycles. The van der Waals surface area contributed by atoms with E-state index in [1.54, 1.807) is 0 Å². The molecular formula is C10H23N3O2S. The zero-order chi connectivity index (χ0) is 12.6. The fourth-order valence-electron chi connectivity index (χ4n) is 2.06. The summed E-state index contributed by atoms with van der Waals surface area (Å²) in [5.41, 5.74) is 5.14. The molecule has 1 heterocycles. The number of nitrogens with one attached hydrogen (secondary N) is 1. The van der Waals surface area contributed by atoms with Crippen molar-refractivity contribution in [1.29, 1.82) is 0 Å². The van der Waals surface area contributed by atoms with Gasteiger partial charge in [0.1, 0.15) is 0 Å². The molecular weight excluding hydrogens is 226 g/mol. The van der Waals surface area contributed by atoms with Gasteiger partial charge in [-0.2, -0.15) is 17.4 Å². The highest BCUT2D eigenvalue weighted by molar-refractivity contribution is 7.87. The number of hydrogen-bond donors (Lipinski definition) is 2. The quantitative estimate of drug-likeness (QED) is 0.755. The van der Waals surface area contributed by atoms with Gasteiger partial charge in [0.2, 0.25) is 0 Å². The monoisotopic (exact) mass is 249 g/mol. The third-order valence-corrected chi connectivity index (χ3v) is 4.68. The average Bonchev–Trinajstić information content (AvgIpc) is 2.43. The summed E-state index contributed by atoms with van der Waals surface area (Å²) in [6, 6.07) is 0.0356. The third kappa shape index (κ3) is 3.41. The third-order valence-electron chi connectivity index (χ3n) is 2.68. The number of rotatable bonds is 3. The van der Waals surface area contributed by atoms with E-state index in [0.717, 1.165) is 6.42 Å². The van der Waals surface area contributed by atoms with Crippen LogP contribution in [0.2, 0.25) is 0 Å². The first kappa shape index (κ1) is 13.9. The molecule has 1 saturated heterocycles. The molecule has 0 aromatic rings. The Morgan fingerprint density at radius 3 is 2.38 bits per heavy atom. The second kappa shape index (κ2) is 4.60. The summed E-state index contributed by atoms with van der Waals surface area (Å²) < 4.78 is 28.4. The van der Waals surface area contributed by atoms with E-state index < -0.39 is 15.7 Å². The lowest BCUT2D eigenvalue weighted by Gasteiger charge is -2.27. The van der Waals surface area contributed by atoms with Crippen LogP contribution in [-0.4, -0.2) is 37.4 Å². The van der Waals surface area contributed by atoms with Crippen LogP contribution in [0.15, 0.2) is 0 Å². The lowest BCUT2D eigenvalue weighted by atomic mass is 10.1. The standard InChI is InChI=1S/C10H23N3O2S/c1-8-5-9(6-11)7-13(8)16(14,15)12-10(2,3)4/h8-9,12H,5-7,11H2,1-4H3. The van der Waals surface area contributed by atoms with Crippen molar-refractivity contribution in [1.82, 2.24) is 9.03 Å². The van der Waals surface area contributed by atoms with E-state index >= 15 is 0 Å². The Morgan fingerprint density at radius 2 is 2.00 bits per heavy atom. The van der Waals surface area contributed by atoms with Crippen molar-refractivity contribution in [3.05, 3.63) is 0 Å². The molecule has 96 valence electrons. The van der Waals surface area contributed by atoms with E-state index in [1.165, 1.54) is 4.31 Å². The Kier molecular flexibility index (Phi) is 3.99. The van der Waals surface area contributed by atoms with E-state index in [4.69, 9.17) is 5.73 Å². The van der Waals surface area contributed by atoms with Gasteiger partial charge in [-0.15, -0.1) is 0 Å². The van der Waals surface area contributed by atoms with Crippen LogP contribution in [0.3, 0.4) is 0 Å². The molecule has 5 nitrogen and oxygen atoms in total. The first-order chi connectivity index (χ1) is 7.15. The van der Waals surface area contributed by atoms with Crippen molar-refractivity contribution in [2.24, 2.45) is 11.7 Å². The summed E-state index contributed by atoms with van der Waals surface area (Å²) in [5, 5.41) is 0. The van der Waals surface area contributed by atoms with Gasteiger partial charge in [0.15, 0.2) is 0 Å². The molecule has 1 rings (SSSR count). The summed E-state index contributed by atoms with van der Waals surface area (Å²) >= 11 is 0. The Hall–Kier alpha value is -0.170. The highest BCUT2D eigenvalue weighted by atomic mass is 32.2. The van der Waals surface area contributed by atoms with Gasteiger partial charge in [-0.25, -0.2) is 0 Å². The second-order valence-corrected chi connectivity index (χ2v) is 7.24. The Bertz CT molecular complexity index is 334. The van der Waals surface area contributed by atoms with Gasteiger partial charge in [0, 0.05) is 18.1 Å².